The quantitative estimate of drug-likeness (QED) is 0.212. The Morgan fingerprint density at radius 3 is 2.35 bits per heavy atom. The summed E-state index contributed by atoms with van der Waals surface area (Å²) in [6, 6.07) is 15.8. The van der Waals surface area contributed by atoms with Crippen molar-refractivity contribution in [2.45, 2.75) is 58.4 Å². The summed E-state index contributed by atoms with van der Waals surface area (Å²) in [5, 5.41) is 1.47. The van der Waals surface area contributed by atoms with Crippen molar-refractivity contribution < 1.29 is 21.8 Å². The maximum Gasteiger partial charge on any atom is 0.673 e. The van der Waals surface area contributed by atoms with Crippen molar-refractivity contribution in [3.8, 4) is 0 Å². The summed E-state index contributed by atoms with van der Waals surface area (Å²) in [4.78, 5) is 0. The lowest BCUT2D eigenvalue weighted by Gasteiger charge is -2.15. The first-order chi connectivity index (χ1) is 16.0. The Bertz CT molecular complexity index is 1280. The molecule has 0 fully saturated rings. The van der Waals surface area contributed by atoms with E-state index in [-0.39, 0.29) is 5.41 Å². The van der Waals surface area contributed by atoms with Gasteiger partial charge in [-0.3, -0.25) is 0 Å². The molecule has 0 radical (unpaired) electrons. The predicted molar refractivity (Wildman–Crippen MR) is 134 cm³/mol. The van der Waals surface area contributed by atoms with Gasteiger partial charge in [-0.05, 0) is 75.8 Å². The first kappa shape index (κ1) is 24.3. The molecule has 2 aliphatic rings. The van der Waals surface area contributed by atoms with Crippen LogP contribution >= 0.6 is 0 Å². The van der Waals surface area contributed by atoms with Crippen LogP contribution in [0.4, 0.5) is 23.0 Å². The smallest absolute Gasteiger partial charge is 0.418 e. The van der Waals surface area contributed by atoms with Gasteiger partial charge in [0.15, 0.2) is 5.71 Å². The molecule has 180 valence electrons. The minimum atomic E-state index is -6.00. The average Bonchev–Trinajstić information content (AvgIpc) is 3.20. The summed E-state index contributed by atoms with van der Waals surface area (Å²) in [7, 11) is -3.81. The fraction of sp³-hybridized carbons (Fsp3) is 0.370. The summed E-state index contributed by atoms with van der Waals surface area (Å²) in [6.45, 7) is 8.00. The van der Waals surface area contributed by atoms with Crippen LogP contribution in [-0.4, -0.2) is 29.2 Å². The van der Waals surface area contributed by atoms with Gasteiger partial charge >= 0.3 is 7.25 Å². The zero-order valence-electron chi connectivity index (χ0n) is 20.2. The van der Waals surface area contributed by atoms with Crippen LogP contribution in [0.2, 0.25) is 0 Å². The van der Waals surface area contributed by atoms with Crippen molar-refractivity contribution in [2.24, 2.45) is 0 Å². The zero-order chi connectivity index (χ0) is 24.7. The van der Waals surface area contributed by atoms with Gasteiger partial charge in [0, 0.05) is 40.8 Å². The highest BCUT2D eigenvalue weighted by Crippen LogP contribution is 2.39. The first-order valence-corrected chi connectivity index (χ1v) is 11.9. The van der Waals surface area contributed by atoms with Crippen LogP contribution in [0.3, 0.4) is 0 Å². The Morgan fingerprint density at radius 1 is 1.00 bits per heavy atom. The lowest BCUT2D eigenvalue weighted by Crippen LogP contribution is -2.26. The maximum atomic E-state index is 9.75. The number of halogens is 4. The summed E-state index contributed by atoms with van der Waals surface area (Å²) < 4.78 is 43.9. The van der Waals surface area contributed by atoms with E-state index in [9.17, 15) is 17.3 Å². The Balaban J connectivity index is 0.000000499. The molecule has 1 aliphatic carbocycles. The Hall–Kier alpha value is -2.83. The number of nitrogens with zero attached hydrogens (tertiary/aromatic N) is 2. The van der Waals surface area contributed by atoms with Gasteiger partial charge in [-0.2, -0.15) is 4.58 Å². The molecule has 0 amide bonds. The number of para-hydroxylation sites is 1. The lowest BCUT2D eigenvalue weighted by atomic mass is 9.81. The fourth-order valence-corrected chi connectivity index (χ4v) is 5.60. The predicted octanol–water partition coefficient (Wildman–Crippen LogP) is 7.56. The number of benzene rings is 2. The molecule has 2 aromatic carbocycles. The fourth-order valence-electron chi connectivity index (χ4n) is 5.60. The Labute approximate surface area is 198 Å². The minimum absolute atomic E-state index is 0.0245. The third-order valence-corrected chi connectivity index (χ3v) is 7.09. The topological polar surface area (TPSA) is 7.94 Å². The monoisotopic (exact) mass is 470 g/mol. The average molecular weight is 470 g/mol. The van der Waals surface area contributed by atoms with Crippen LogP contribution in [0.5, 0.6) is 0 Å². The highest BCUT2D eigenvalue weighted by atomic mass is 19.5. The summed E-state index contributed by atoms with van der Waals surface area (Å²) in [6.07, 6.45) is 9.75. The van der Waals surface area contributed by atoms with E-state index in [2.05, 4.69) is 91.6 Å². The van der Waals surface area contributed by atoms with Crippen molar-refractivity contribution >= 4 is 35.6 Å². The third kappa shape index (κ3) is 4.57. The molecular formula is C27H31BF4N2. The van der Waals surface area contributed by atoms with Gasteiger partial charge in [0.2, 0.25) is 5.69 Å². The van der Waals surface area contributed by atoms with Crippen LogP contribution < -0.4 is 0 Å². The van der Waals surface area contributed by atoms with Crippen molar-refractivity contribution in [1.29, 1.82) is 0 Å². The molecule has 0 spiro atoms. The number of rotatable bonds is 3. The molecule has 7 heteroatoms. The van der Waals surface area contributed by atoms with E-state index >= 15 is 0 Å². The molecule has 34 heavy (non-hydrogen) atoms. The van der Waals surface area contributed by atoms with Gasteiger partial charge in [0.05, 0.1) is 5.41 Å². The van der Waals surface area contributed by atoms with E-state index in [0.29, 0.717) is 0 Å². The summed E-state index contributed by atoms with van der Waals surface area (Å²) in [5.74, 6) is 0. The van der Waals surface area contributed by atoms with Gasteiger partial charge in [0.1, 0.15) is 7.05 Å². The number of aromatic nitrogens is 1. The largest absolute Gasteiger partial charge is 0.673 e. The van der Waals surface area contributed by atoms with Gasteiger partial charge in [0.25, 0.3) is 0 Å². The summed E-state index contributed by atoms with van der Waals surface area (Å²) in [5.41, 5.74) is 10.00. The van der Waals surface area contributed by atoms with Crippen molar-refractivity contribution in [2.75, 3.05) is 7.05 Å². The second-order valence-electron chi connectivity index (χ2n) is 9.57. The van der Waals surface area contributed by atoms with Gasteiger partial charge < -0.3 is 21.8 Å². The molecule has 5 rings (SSSR count). The lowest BCUT2D eigenvalue weighted by molar-refractivity contribution is -0.401. The summed E-state index contributed by atoms with van der Waals surface area (Å²) >= 11 is 0. The van der Waals surface area contributed by atoms with Gasteiger partial charge in [-0.1, -0.05) is 24.3 Å². The molecule has 3 aromatic rings. The van der Waals surface area contributed by atoms with Crippen LogP contribution in [-0.2, 0) is 24.8 Å². The van der Waals surface area contributed by atoms with Crippen molar-refractivity contribution in [1.82, 2.24) is 4.57 Å². The standard InChI is InChI=1S/C27H31N2.BF4/c1-5-29-23-12-8-6-10-20(23)21-18-19(14-16-24(21)29)15-17-26-27(2,3)22-11-7-9-13-25(22)28(26)4;2-1(3,4)5/h7,9,11,13-18H,5-6,8,10,12H2,1-4H3;/q+1;-1. The number of hydrogen-bond acceptors (Lipinski definition) is 0. The van der Waals surface area contributed by atoms with E-state index in [1.807, 2.05) is 0 Å². The normalized spacial score (nSPS) is 17.1. The Kier molecular flexibility index (Phi) is 6.49. The van der Waals surface area contributed by atoms with Crippen molar-refractivity contribution in [3.63, 3.8) is 0 Å². The second-order valence-corrected chi connectivity index (χ2v) is 9.57. The van der Waals surface area contributed by atoms with Crippen LogP contribution in [0.15, 0.2) is 48.5 Å². The molecule has 0 bridgehead atoms. The molecule has 1 aromatic heterocycles. The second kappa shape index (κ2) is 9.08. The highest BCUT2D eigenvalue weighted by molar-refractivity contribution is 6.50. The van der Waals surface area contributed by atoms with Gasteiger partial charge in [-0.15, -0.1) is 0 Å². The van der Waals surface area contributed by atoms with E-state index in [1.165, 1.54) is 59.1 Å². The molecule has 0 saturated carbocycles. The number of aryl methyl sites for hydroxylation is 2. The number of fused-ring (bicyclic) bond motifs is 4. The molecule has 0 atom stereocenters. The van der Waals surface area contributed by atoms with Crippen LogP contribution in [0.25, 0.3) is 17.0 Å². The third-order valence-electron chi connectivity index (χ3n) is 7.09. The van der Waals surface area contributed by atoms with Crippen LogP contribution in [0, 0.1) is 0 Å². The number of allylic oxidation sites excluding steroid dienone is 1. The SMILES string of the molecule is CCn1c2c(c3cc(C=CC4=[N+](C)c5ccccc5C4(C)C)ccc31)CCCC2.F[B-](F)(F)F. The highest BCUT2D eigenvalue weighted by Gasteiger charge is 2.42. The van der Waals surface area contributed by atoms with E-state index in [0.717, 1.165) is 6.54 Å². The minimum Gasteiger partial charge on any atom is -0.418 e. The Morgan fingerprint density at radius 2 is 1.68 bits per heavy atom. The molecule has 0 unspecified atom stereocenters. The van der Waals surface area contributed by atoms with E-state index in [4.69, 9.17) is 0 Å². The molecular weight excluding hydrogens is 439 g/mol. The van der Waals surface area contributed by atoms with E-state index in [1.54, 1.807) is 11.3 Å². The van der Waals surface area contributed by atoms with Gasteiger partial charge in [-0.25, -0.2) is 0 Å². The molecule has 0 saturated heterocycles. The zero-order valence-corrected chi connectivity index (χ0v) is 20.2. The van der Waals surface area contributed by atoms with Crippen LogP contribution in [0.1, 0.15) is 56.0 Å². The maximum absolute atomic E-state index is 9.75. The first-order valence-electron chi connectivity index (χ1n) is 11.9. The van der Waals surface area contributed by atoms with E-state index < -0.39 is 7.25 Å². The number of hydrogen-bond donors (Lipinski definition) is 0. The molecule has 1 aliphatic heterocycles. The molecule has 2 heterocycles. The molecule has 2 nitrogen and oxygen atoms in total. The molecule has 0 N–H and O–H groups in total. The van der Waals surface area contributed by atoms with Crippen molar-refractivity contribution in [3.05, 3.63) is 70.9 Å².